The Morgan fingerprint density at radius 2 is 1.85 bits per heavy atom. The number of carbonyl (C=O) groups excluding carboxylic acids is 2. The minimum atomic E-state index is -1.24. The largest absolute Gasteiger partial charge is 0.369 e. The van der Waals surface area contributed by atoms with Crippen LogP contribution in [0.15, 0.2) is 64.1 Å². The predicted molar refractivity (Wildman–Crippen MR) is 103 cm³/mol. The SMILES string of the molecule is CCN1C(=CC=CC=C2C(=O)N(C)C(=O)N(C)C2O)Sc2ccccc21. The summed E-state index contributed by atoms with van der Waals surface area (Å²) in [5.41, 5.74) is 1.36. The molecule has 1 N–H and O–H groups in total. The number of likely N-dealkylation sites (N-methyl/N-ethyl adjacent to an activating group) is 2. The number of imide groups is 1. The number of carbonyl (C=O) groups is 2. The minimum absolute atomic E-state index is 0.166. The molecule has 3 rings (SSSR count). The Morgan fingerprint density at radius 1 is 1.15 bits per heavy atom. The first kappa shape index (κ1) is 18.3. The van der Waals surface area contributed by atoms with Crippen LogP contribution in [-0.2, 0) is 4.79 Å². The minimum Gasteiger partial charge on any atom is -0.369 e. The molecule has 2 heterocycles. The summed E-state index contributed by atoms with van der Waals surface area (Å²) in [5.74, 6) is -0.490. The van der Waals surface area contributed by atoms with Gasteiger partial charge in [-0.15, -0.1) is 0 Å². The van der Waals surface area contributed by atoms with E-state index in [2.05, 4.69) is 24.0 Å². The zero-order valence-corrected chi connectivity index (χ0v) is 15.7. The van der Waals surface area contributed by atoms with Crippen molar-refractivity contribution >= 4 is 29.4 Å². The predicted octanol–water partition coefficient (Wildman–Crippen LogP) is 2.78. The summed E-state index contributed by atoms with van der Waals surface area (Å²) in [5, 5.41) is 11.2. The van der Waals surface area contributed by atoms with E-state index in [0.29, 0.717) is 0 Å². The van der Waals surface area contributed by atoms with Gasteiger partial charge in [0, 0.05) is 25.5 Å². The molecule has 1 fully saturated rings. The smallest absolute Gasteiger partial charge is 0.328 e. The number of thioether (sulfide) groups is 1. The van der Waals surface area contributed by atoms with Crippen molar-refractivity contribution in [2.24, 2.45) is 0 Å². The monoisotopic (exact) mass is 371 g/mol. The summed E-state index contributed by atoms with van der Waals surface area (Å²) in [4.78, 5) is 29.5. The molecule has 2 aliphatic heterocycles. The van der Waals surface area contributed by atoms with Crippen molar-refractivity contribution < 1.29 is 14.7 Å². The third kappa shape index (κ3) is 3.15. The van der Waals surface area contributed by atoms with Gasteiger partial charge in [0.25, 0.3) is 5.91 Å². The van der Waals surface area contributed by atoms with E-state index in [4.69, 9.17) is 0 Å². The van der Waals surface area contributed by atoms with Gasteiger partial charge in [-0.05, 0) is 31.2 Å². The lowest BCUT2D eigenvalue weighted by atomic mass is 10.1. The number of hydrogen-bond donors (Lipinski definition) is 1. The van der Waals surface area contributed by atoms with Crippen LogP contribution in [0.3, 0.4) is 0 Å². The summed E-state index contributed by atoms with van der Waals surface area (Å²) in [6, 6.07) is 7.71. The number of urea groups is 1. The number of benzene rings is 1. The van der Waals surface area contributed by atoms with E-state index in [9.17, 15) is 14.7 Å². The fourth-order valence-corrected chi connectivity index (χ4v) is 4.04. The Labute approximate surface area is 157 Å². The summed E-state index contributed by atoms with van der Waals surface area (Å²) in [6.07, 6.45) is 5.83. The molecule has 26 heavy (non-hydrogen) atoms. The molecular weight excluding hydrogens is 350 g/mol. The normalized spacial score (nSPS) is 23.7. The Hall–Kier alpha value is -2.51. The van der Waals surface area contributed by atoms with E-state index in [1.165, 1.54) is 24.7 Å². The maximum atomic E-state index is 12.2. The third-order valence-electron chi connectivity index (χ3n) is 4.36. The van der Waals surface area contributed by atoms with Gasteiger partial charge in [0.1, 0.15) is 0 Å². The molecule has 1 aromatic carbocycles. The van der Waals surface area contributed by atoms with E-state index >= 15 is 0 Å². The molecule has 1 unspecified atom stereocenters. The van der Waals surface area contributed by atoms with Gasteiger partial charge in [-0.2, -0.15) is 0 Å². The lowest BCUT2D eigenvalue weighted by molar-refractivity contribution is -0.128. The molecule has 1 saturated heterocycles. The second-order valence-corrected chi connectivity index (χ2v) is 7.02. The fourth-order valence-electron chi connectivity index (χ4n) is 2.90. The average Bonchev–Trinajstić information content (AvgIpc) is 3.01. The number of allylic oxidation sites excluding steroid dienone is 4. The van der Waals surface area contributed by atoms with E-state index in [1.54, 1.807) is 23.9 Å². The second kappa shape index (κ2) is 7.39. The zero-order valence-electron chi connectivity index (χ0n) is 14.9. The van der Waals surface area contributed by atoms with Crippen LogP contribution in [-0.4, -0.2) is 53.7 Å². The Kier molecular flexibility index (Phi) is 5.20. The third-order valence-corrected chi connectivity index (χ3v) is 5.49. The number of amides is 3. The molecule has 0 spiro atoms. The van der Waals surface area contributed by atoms with Crippen molar-refractivity contribution in [1.82, 2.24) is 9.80 Å². The fraction of sp³-hybridized carbons (Fsp3) is 0.263. The highest BCUT2D eigenvalue weighted by molar-refractivity contribution is 8.03. The van der Waals surface area contributed by atoms with Crippen molar-refractivity contribution in [2.75, 3.05) is 25.5 Å². The van der Waals surface area contributed by atoms with Gasteiger partial charge < -0.3 is 10.0 Å². The first-order chi connectivity index (χ1) is 12.5. The van der Waals surface area contributed by atoms with E-state index in [1.807, 2.05) is 24.3 Å². The van der Waals surface area contributed by atoms with Crippen LogP contribution in [0.25, 0.3) is 0 Å². The maximum Gasteiger partial charge on any atom is 0.328 e. The van der Waals surface area contributed by atoms with Crippen molar-refractivity contribution in [3.8, 4) is 0 Å². The molecule has 3 amide bonds. The molecule has 136 valence electrons. The van der Waals surface area contributed by atoms with Gasteiger partial charge in [0.2, 0.25) is 0 Å². The first-order valence-corrected chi connectivity index (χ1v) is 9.13. The van der Waals surface area contributed by atoms with Gasteiger partial charge in [0.05, 0.1) is 16.3 Å². The number of fused-ring (bicyclic) bond motifs is 1. The van der Waals surface area contributed by atoms with Crippen molar-refractivity contribution in [1.29, 1.82) is 0 Å². The second-order valence-electron chi connectivity index (χ2n) is 5.96. The molecule has 0 aromatic heterocycles. The number of rotatable bonds is 3. The topological polar surface area (TPSA) is 64.1 Å². The molecule has 1 aromatic rings. The van der Waals surface area contributed by atoms with Crippen LogP contribution in [0.5, 0.6) is 0 Å². The lowest BCUT2D eigenvalue weighted by Crippen LogP contribution is -2.55. The van der Waals surface area contributed by atoms with Gasteiger partial charge in [-0.3, -0.25) is 14.6 Å². The number of aliphatic hydroxyl groups is 1. The molecule has 1 atom stereocenters. The number of para-hydroxylation sites is 1. The summed E-state index contributed by atoms with van der Waals surface area (Å²) < 4.78 is 0. The van der Waals surface area contributed by atoms with Crippen LogP contribution in [0.4, 0.5) is 10.5 Å². The number of hydrogen-bond acceptors (Lipinski definition) is 5. The van der Waals surface area contributed by atoms with Crippen LogP contribution in [0, 0.1) is 0 Å². The Bertz CT molecular complexity index is 831. The molecule has 7 heteroatoms. The highest BCUT2D eigenvalue weighted by Crippen LogP contribution is 2.45. The van der Waals surface area contributed by atoms with Crippen molar-refractivity contribution in [3.63, 3.8) is 0 Å². The van der Waals surface area contributed by atoms with Gasteiger partial charge in [0.15, 0.2) is 6.23 Å². The number of nitrogens with zero attached hydrogens (tertiary/aromatic N) is 3. The van der Waals surface area contributed by atoms with Crippen molar-refractivity contribution in [3.05, 3.63) is 59.2 Å². The number of anilines is 1. The summed E-state index contributed by atoms with van der Waals surface area (Å²) >= 11 is 1.69. The van der Waals surface area contributed by atoms with Crippen LogP contribution < -0.4 is 4.90 Å². The van der Waals surface area contributed by atoms with E-state index in [0.717, 1.165) is 21.4 Å². The Morgan fingerprint density at radius 3 is 2.58 bits per heavy atom. The van der Waals surface area contributed by atoms with Gasteiger partial charge in [-0.25, -0.2) is 4.79 Å². The highest BCUT2D eigenvalue weighted by atomic mass is 32.2. The average molecular weight is 371 g/mol. The molecule has 2 aliphatic rings. The molecule has 0 aliphatic carbocycles. The summed E-state index contributed by atoms with van der Waals surface area (Å²) in [7, 11) is 2.86. The maximum absolute atomic E-state index is 12.2. The zero-order chi connectivity index (χ0) is 18.8. The lowest BCUT2D eigenvalue weighted by Gasteiger charge is -2.34. The Balaban J connectivity index is 1.78. The molecule has 0 bridgehead atoms. The van der Waals surface area contributed by atoms with Crippen molar-refractivity contribution in [2.45, 2.75) is 18.0 Å². The molecule has 0 saturated carbocycles. The quantitative estimate of drug-likeness (QED) is 0.828. The summed E-state index contributed by atoms with van der Waals surface area (Å²) in [6.45, 7) is 2.96. The van der Waals surface area contributed by atoms with Gasteiger partial charge in [-0.1, -0.05) is 36.0 Å². The standard InChI is InChI=1S/C19H21N3O3S/c1-4-22-14-10-6-7-11-15(14)26-16(22)12-8-5-9-13-17(23)20(2)19(25)21(3)18(13)24/h5-12,17,23H,4H2,1-3H3. The van der Waals surface area contributed by atoms with E-state index < -0.39 is 18.2 Å². The molecule has 0 radical (unpaired) electrons. The van der Waals surface area contributed by atoms with Crippen LogP contribution in [0.1, 0.15) is 6.92 Å². The van der Waals surface area contributed by atoms with Crippen LogP contribution in [0.2, 0.25) is 0 Å². The van der Waals surface area contributed by atoms with Gasteiger partial charge >= 0.3 is 6.03 Å². The highest BCUT2D eigenvalue weighted by Gasteiger charge is 2.37. The molecule has 6 nitrogen and oxygen atoms in total. The van der Waals surface area contributed by atoms with Crippen LogP contribution >= 0.6 is 11.8 Å². The first-order valence-electron chi connectivity index (χ1n) is 8.31. The number of aliphatic hydroxyl groups excluding tert-OH is 1. The molecular formula is C19H21N3O3S. The van der Waals surface area contributed by atoms with E-state index in [-0.39, 0.29) is 5.57 Å².